The lowest BCUT2D eigenvalue weighted by atomic mass is 9.98. The molecule has 0 aromatic carbocycles. The van der Waals surface area contributed by atoms with Gasteiger partial charge in [-0.1, -0.05) is 0 Å². The number of likely N-dealkylation sites (tertiary alicyclic amines) is 1. The van der Waals surface area contributed by atoms with Crippen molar-refractivity contribution in [1.82, 2.24) is 20.0 Å². The van der Waals surface area contributed by atoms with Crippen LogP contribution in [0.2, 0.25) is 0 Å². The molecule has 152 valence electrons. The van der Waals surface area contributed by atoms with Gasteiger partial charge in [0.1, 0.15) is 0 Å². The van der Waals surface area contributed by atoms with Crippen molar-refractivity contribution in [3.05, 3.63) is 17.0 Å². The molecule has 1 atom stereocenters. The summed E-state index contributed by atoms with van der Waals surface area (Å²) in [5, 5.41) is 8.04. The molecule has 0 saturated carbocycles. The summed E-state index contributed by atoms with van der Waals surface area (Å²) in [7, 11) is 3.47. The van der Waals surface area contributed by atoms with E-state index in [2.05, 4.69) is 27.2 Å². The molecule has 2 heterocycles. The Balaban J connectivity index is 1.99. The van der Waals surface area contributed by atoms with Crippen LogP contribution in [0.4, 0.5) is 0 Å². The van der Waals surface area contributed by atoms with Gasteiger partial charge in [0.25, 0.3) is 0 Å². The second kappa shape index (κ2) is 10.3. The van der Waals surface area contributed by atoms with E-state index in [0.29, 0.717) is 26.3 Å². The Bertz CT molecular complexity index is 656. The van der Waals surface area contributed by atoms with Crippen LogP contribution in [0.15, 0.2) is 4.99 Å². The van der Waals surface area contributed by atoms with Gasteiger partial charge in [0.15, 0.2) is 5.96 Å². The maximum Gasteiger partial charge on any atom is 0.310 e. The maximum absolute atomic E-state index is 12.1. The molecule has 0 bridgehead atoms. The second-order valence-corrected chi connectivity index (χ2v) is 6.80. The molecular formula is C19H33N5O3. The number of nitrogens with zero attached hydrogens (tertiary/aromatic N) is 4. The number of guanidine groups is 1. The molecule has 0 spiro atoms. The van der Waals surface area contributed by atoms with Crippen molar-refractivity contribution in [3.8, 4) is 0 Å². The molecular weight excluding hydrogens is 346 g/mol. The van der Waals surface area contributed by atoms with Gasteiger partial charge >= 0.3 is 5.97 Å². The predicted octanol–water partition coefficient (Wildman–Crippen LogP) is 1.50. The Hall–Kier alpha value is -2.09. The summed E-state index contributed by atoms with van der Waals surface area (Å²) < 4.78 is 12.3. The number of hydrogen-bond donors (Lipinski definition) is 1. The quantitative estimate of drug-likeness (QED) is 0.439. The highest BCUT2D eigenvalue weighted by atomic mass is 16.5. The zero-order valence-electron chi connectivity index (χ0n) is 17.2. The van der Waals surface area contributed by atoms with E-state index in [1.807, 2.05) is 18.5 Å². The molecule has 1 aliphatic heterocycles. The van der Waals surface area contributed by atoms with Crippen molar-refractivity contribution in [2.24, 2.45) is 10.9 Å². The molecule has 1 aromatic rings. The van der Waals surface area contributed by atoms with E-state index in [1.54, 1.807) is 14.2 Å². The molecule has 8 heteroatoms. The van der Waals surface area contributed by atoms with Crippen LogP contribution in [0.3, 0.4) is 0 Å². The third-order valence-corrected chi connectivity index (χ3v) is 5.01. The molecule has 1 unspecified atom stereocenters. The van der Waals surface area contributed by atoms with E-state index in [0.717, 1.165) is 43.3 Å². The lowest BCUT2D eigenvalue weighted by Crippen LogP contribution is -2.48. The molecule has 27 heavy (non-hydrogen) atoms. The van der Waals surface area contributed by atoms with E-state index in [1.165, 1.54) is 5.56 Å². The number of piperidine rings is 1. The van der Waals surface area contributed by atoms with Crippen molar-refractivity contribution in [1.29, 1.82) is 0 Å². The minimum atomic E-state index is -0.108. The molecule has 1 fully saturated rings. The minimum absolute atomic E-state index is 0.0856. The summed E-state index contributed by atoms with van der Waals surface area (Å²) in [5.74, 6) is 0.619. The normalized spacial score (nSPS) is 17.9. The summed E-state index contributed by atoms with van der Waals surface area (Å²) in [6, 6.07) is 0. The molecule has 2 rings (SSSR count). The minimum Gasteiger partial charge on any atom is -0.466 e. The molecule has 8 nitrogen and oxygen atoms in total. The molecule has 1 aliphatic rings. The first-order valence-corrected chi connectivity index (χ1v) is 9.65. The Morgan fingerprint density at radius 3 is 2.85 bits per heavy atom. The van der Waals surface area contributed by atoms with Gasteiger partial charge in [-0.3, -0.25) is 14.5 Å². The van der Waals surface area contributed by atoms with Crippen LogP contribution in [-0.4, -0.2) is 67.1 Å². The van der Waals surface area contributed by atoms with E-state index in [-0.39, 0.29) is 11.9 Å². The zero-order chi connectivity index (χ0) is 19.8. The van der Waals surface area contributed by atoms with Crippen LogP contribution in [0.5, 0.6) is 0 Å². The second-order valence-electron chi connectivity index (χ2n) is 6.80. The van der Waals surface area contributed by atoms with Gasteiger partial charge in [-0.15, -0.1) is 0 Å². The summed E-state index contributed by atoms with van der Waals surface area (Å²) in [6.45, 7) is 9.93. The fraction of sp³-hybridized carbons (Fsp3) is 0.737. The van der Waals surface area contributed by atoms with Crippen LogP contribution in [0.25, 0.3) is 0 Å². The SMILES string of the molecule is CCOC(=O)C1CCCN(C(=NC)NCc2c(C)nn(CCOC)c2C)C1. The first-order valence-electron chi connectivity index (χ1n) is 9.65. The van der Waals surface area contributed by atoms with Gasteiger partial charge in [0, 0.05) is 45.0 Å². The van der Waals surface area contributed by atoms with Crippen LogP contribution < -0.4 is 5.32 Å². The van der Waals surface area contributed by atoms with E-state index < -0.39 is 0 Å². The fourth-order valence-electron chi connectivity index (χ4n) is 3.51. The number of nitrogens with one attached hydrogen (secondary N) is 1. The number of rotatable bonds is 7. The number of aryl methyl sites for hydroxylation is 1. The number of hydrogen-bond acceptors (Lipinski definition) is 5. The summed E-state index contributed by atoms with van der Waals surface area (Å²) in [6.07, 6.45) is 1.83. The first-order chi connectivity index (χ1) is 13.0. The van der Waals surface area contributed by atoms with Crippen molar-refractivity contribution in [2.45, 2.75) is 46.7 Å². The molecule has 0 radical (unpaired) electrons. The van der Waals surface area contributed by atoms with Crippen LogP contribution >= 0.6 is 0 Å². The smallest absolute Gasteiger partial charge is 0.310 e. The Labute approximate surface area is 161 Å². The number of carbonyl (C=O) groups excluding carboxylic acids is 1. The Morgan fingerprint density at radius 2 is 2.19 bits per heavy atom. The molecule has 1 N–H and O–H groups in total. The average Bonchev–Trinajstić information content (AvgIpc) is 2.94. The van der Waals surface area contributed by atoms with E-state index in [9.17, 15) is 4.79 Å². The maximum atomic E-state index is 12.1. The van der Waals surface area contributed by atoms with E-state index >= 15 is 0 Å². The zero-order valence-corrected chi connectivity index (χ0v) is 17.2. The van der Waals surface area contributed by atoms with Gasteiger partial charge in [-0.05, 0) is 33.6 Å². The summed E-state index contributed by atoms with van der Waals surface area (Å²) >= 11 is 0. The van der Waals surface area contributed by atoms with Crippen molar-refractivity contribution in [2.75, 3.05) is 40.5 Å². The fourth-order valence-corrected chi connectivity index (χ4v) is 3.51. The molecule has 0 aliphatic carbocycles. The Kier molecular flexibility index (Phi) is 8.09. The topological polar surface area (TPSA) is 81.0 Å². The van der Waals surface area contributed by atoms with Gasteiger partial charge in [0.2, 0.25) is 0 Å². The lowest BCUT2D eigenvalue weighted by Gasteiger charge is -2.34. The van der Waals surface area contributed by atoms with Gasteiger partial charge < -0.3 is 19.7 Å². The number of esters is 1. The highest BCUT2D eigenvalue weighted by Gasteiger charge is 2.28. The molecule has 0 amide bonds. The van der Waals surface area contributed by atoms with Crippen molar-refractivity contribution >= 4 is 11.9 Å². The largest absolute Gasteiger partial charge is 0.466 e. The van der Waals surface area contributed by atoms with Crippen molar-refractivity contribution in [3.63, 3.8) is 0 Å². The predicted molar refractivity (Wildman–Crippen MR) is 105 cm³/mol. The highest BCUT2D eigenvalue weighted by molar-refractivity contribution is 5.81. The number of ether oxygens (including phenoxy) is 2. The number of carbonyl (C=O) groups is 1. The molecule has 1 saturated heterocycles. The van der Waals surface area contributed by atoms with Crippen LogP contribution in [0.1, 0.15) is 36.7 Å². The highest BCUT2D eigenvalue weighted by Crippen LogP contribution is 2.19. The van der Waals surface area contributed by atoms with Crippen LogP contribution in [0, 0.1) is 19.8 Å². The first kappa shape index (κ1) is 21.2. The number of aliphatic imine (C=N–C) groups is 1. The number of aromatic nitrogens is 2. The molecule has 1 aromatic heterocycles. The van der Waals surface area contributed by atoms with Crippen molar-refractivity contribution < 1.29 is 14.3 Å². The summed E-state index contributed by atoms with van der Waals surface area (Å²) in [5.41, 5.74) is 3.32. The lowest BCUT2D eigenvalue weighted by molar-refractivity contribution is -0.149. The van der Waals surface area contributed by atoms with Gasteiger partial charge in [-0.25, -0.2) is 0 Å². The standard InChI is InChI=1S/C19H33N5O3/c1-6-27-18(25)16-8-7-9-23(13-16)19(20-4)21-12-17-14(2)22-24(15(17)3)10-11-26-5/h16H,6-13H2,1-5H3,(H,20,21). The Morgan fingerprint density at radius 1 is 1.41 bits per heavy atom. The average molecular weight is 380 g/mol. The third-order valence-electron chi connectivity index (χ3n) is 5.01. The number of methoxy groups -OCH3 is 1. The monoisotopic (exact) mass is 379 g/mol. The van der Waals surface area contributed by atoms with Gasteiger partial charge in [0.05, 0.1) is 31.4 Å². The summed E-state index contributed by atoms with van der Waals surface area (Å²) in [4.78, 5) is 18.6. The van der Waals surface area contributed by atoms with E-state index in [4.69, 9.17) is 9.47 Å². The van der Waals surface area contributed by atoms with Gasteiger partial charge in [-0.2, -0.15) is 5.10 Å². The third kappa shape index (κ3) is 5.45. The van der Waals surface area contributed by atoms with Crippen LogP contribution in [-0.2, 0) is 27.4 Å².